The summed E-state index contributed by atoms with van der Waals surface area (Å²) in [4.78, 5) is 4.73. The first-order valence-electron chi connectivity index (χ1n) is 9.31. The third kappa shape index (κ3) is 4.79. The van der Waals surface area contributed by atoms with Crippen LogP contribution in [-0.4, -0.2) is 43.4 Å². The van der Waals surface area contributed by atoms with E-state index in [0.29, 0.717) is 35.6 Å². The molecule has 1 aromatic carbocycles. The van der Waals surface area contributed by atoms with E-state index < -0.39 is 0 Å². The van der Waals surface area contributed by atoms with Gasteiger partial charge in [0, 0.05) is 6.54 Å². The van der Waals surface area contributed by atoms with Crippen molar-refractivity contribution in [2.75, 3.05) is 13.1 Å². The van der Waals surface area contributed by atoms with Crippen LogP contribution in [0, 0.1) is 0 Å². The van der Waals surface area contributed by atoms with Gasteiger partial charge in [-0.25, -0.2) is 4.99 Å². The molecule has 0 aromatic heterocycles. The normalized spacial score (nSPS) is 26.5. The number of hydrogen-bond acceptors (Lipinski definition) is 3. The number of halogens is 1. The number of rotatable bonds is 7. The van der Waals surface area contributed by atoms with Crippen LogP contribution in [0.1, 0.15) is 39.5 Å². The molecule has 25 heavy (non-hydrogen) atoms. The molecule has 3 rings (SSSR count). The lowest BCUT2D eigenvalue weighted by atomic mass is 9.96. The van der Waals surface area contributed by atoms with Crippen molar-refractivity contribution >= 4 is 17.6 Å². The lowest BCUT2D eigenvalue weighted by Crippen LogP contribution is -2.47. The molecule has 0 radical (unpaired) electrons. The fraction of sp³-hybridized carbons (Fsp3) is 0.632. The van der Waals surface area contributed by atoms with Crippen molar-refractivity contribution in [3.63, 3.8) is 0 Å². The fourth-order valence-corrected chi connectivity index (χ4v) is 3.63. The van der Waals surface area contributed by atoms with Gasteiger partial charge in [0.05, 0.1) is 29.8 Å². The van der Waals surface area contributed by atoms with Gasteiger partial charge in [-0.2, -0.15) is 0 Å². The quantitative estimate of drug-likeness (QED) is 0.574. The number of aliphatic imine (C=N–C) groups is 1. The highest BCUT2D eigenvalue weighted by atomic mass is 35.5. The highest BCUT2D eigenvalue weighted by molar-refractivity contribution is 6.32. The number of para-hydroxylation sites is 1. The van der Waals surface area contributed by atoms with E-state index in [0.717, 1.165) is 31.8 Å². The number of fused-ring (bicyclic) bond motifs is 2. The molecule has 4 unspecified atom stereocenters. The predicted octanol–water partition coefficient (Wildman–Crippen LogP) is 3.37. The molecule has 5 nitrogen and oxygen atoms in total. The maximum Gasteiger partial charge on any atom is 0.191 e. The Morgan fingerprint density at radius 3 is 2.84 bits per heavy atom. The minimum absolute atomic E-state index is 0.00774. The second-order valence-corrected chi connectivity index (χ2v) is 7.07. The molecular formula is C19H28ClN3O2. The second-order valence-electron chi connectivity index (χ2n) is 6.66. The van der Waals surface area contributed by atoms with Gasteiger partial charge in [0.15, 0.2) is 5.96 Å². The Balaban J connectivity index is 1.58. The summed E-state index contributed by atoms with van der Waals surface area (Å²) in [7, 11) is 0. The van der Waals surface area contributed by atoms with Crippen molar-refractivity contribution in [1.82, 2.24) is 10.6 Å². The Labute approximate surface area is 155 Å². The molecule has 6 heteroatoms. The van der Waals surface area contributed by atoms with E-state index in [1.807, 2.05) is 24.3 Å². The minimum atomic E-state index is -0.00774. The van der Waals surface area contributed by atoms with E-state index in [4.69, 9.17) is 26.1 Å². The van der Waals surface area contributed by atoms with Crippen LogP contribution < -0.4 is 15.4 Å². The van der Waals surface area contributed by atoms with E-state index >= 15 is 0 Å². The third-order valence-corrected chi connectivity index (χ3v) is 5.12. The van der Waals surface area contributed by atoms with Gasteiger partial charge in [-0.15, -0.1) is 0 Å². The molecule has 2 saturated heterocycles. The van der Waals surface area contributed by atoms with Gasteiger partial charge in [0.2, 0.25) is 0 Å². The summed E-state index contributed by atoms with van der Waals surface area (Å²) in [5, 5.41) is 7.49. The maximum absolute atomic E-state index is 6.19. The van der Waals surface area contributed by atoms with Crippen molar-refractivity contribution in [3.05, 3.63) is 29.3 Å². The van der Waals surface area contributed by atoms with E-state index in [1.165, 1.54) is 6.42 Å². The van der Waals surface area contributed by atoms with Gasteiger partial charge in [-0.3, -0.25) is 0 Å². The first-order chi connectivity index (χ1) is 12.2. The van der Waals surface area contributed by atoms with Gasteiger partial charge in [-0.05, 0) is 44.7 Å². The largest absolute Gasteiger partial charge is 0.487 e. The minimum Gasteiger partial charge on any atom is -0.487 e. The number of hydrogen-bond donors (Lipinski definition) is 2. The molecule has 0 aliphatic carbocycles. The lowest BCUT2D eigenvalue weighted by molar-refractivity contribution is 0.0992. The van der Waals surface area contributed by atoms with Crippen LogP contribution in [0.3, 0.4) is 0 Å². The van der Waals surface area contributed by atoms with E-state index in [2.05, 4.69) is 24.5 Å². The van der Waals surface area contributed by atoms with E-state index in [-0.39, 0.29) is 6.10 Å². The highest BCUT2D eigenvalue weighted by Gasteiger charge is 2.41. The Morgan fingerprint density at radius 2 is 2.20 bits per heavy atom. The summed E-state index contributed by atoms with van der Waals surface area (Å²) in [6.45, 7) is 5.58. The second kappa shape index (κ2) is 8.77. The Kier molecular flexibility index (Phi) is 6.43. The fourth-order valence-electron chi connectivity index (χ4n) is 3.45. The molecular weight excluding hydrogens is 338 g/mol. The van der Waals surface area contributed by atoms with Crippen LogP contribution in [0.25, 0.3) is 0 Å². The Hall–Kier alpha value is -1.46. The zero-order chi connectivity index (χ0) is 17.6. The maximum atomic E-state index is 6.19. The van der Waals surface area contributed by atoms with Crippen LogP contribution in [0.2, 0.25) is 5.02 Å². The standard InChI is InChI=1S/C19H28ClN3O2/c1-3-13(24-17-8-6-5-7-15(17)20)12-22-19(21-4-2)23-16-11-14-9-10-18(16)25-14/h5-8,13-14,16,18H,3-4,9-12H2,1-2H3,(H2,21,22,23). The molecule has 2 fully saturated rings. The molecule has 2 aliphatic heterocycles. The smallest absolute Gasteiger partial charge is 0.191 e. The first kappa shape index (κ1) is 18.3. The number of guanidine groups is 1. The average Bonchev–Trinajstić information content (AvgIpc) is 3.23. The Bertz CT molecular complexity index is 596. The summed E-state index contributed by atoms with van der Waals surface area (Å²) >= 11 is 6.19. The van der Waals surface area contributed by atoms with Gasteiger partial charge >= 0.3 is 0 Å². The summed E-state index contributed by atoms with van der Waals surface area (Å²) in [5.41, 5.74) is 0. The average molecular weight is 366 g/mol. The van der Waals surface area contributed by atoms with Crippen molar-refractivity contribution < 1.29 is 9.47 Å². The van der Waals surface area contributed by atoms with Crippen LogP contribution in [0.5, 0.6) is 5.75 Å². The summed E-state index contributed by atoms with van der Waals surface area (Å²) < 4.78 is 11.9. The van der Waals surface area contributed by atoms with Gasteiger partial charge < -0.3 is 20.1 Å². The van der Waals surface area contributed by atoms with Crippen molar-refractivity contribution in [1.29, 1.82) is 0 Å². The molecule has 0 amide bonds. The monoisotopic (exact) mass is 365 g/mol. The van der Waals surface area contributed by atoms with Crippen LogP contribution in [0.4, 0.5) is 0 Å². The van der Waals surface area contributed by atoms with Gasteiger partial charge in [0.25, 0.3) is 0 Å². The van der Waals surface area contributed by atoms with Crippen molar-refractivity contribution in [3.8, 4) is 5.75 Å². The van der Waals surface area contributed by atoms with Crippen LogP contribution in [-0.2, 0) is 4.74 Å². The number of ether oxygens (including phenoxy) is 2. The molecule has 0 saturated carbocycles. The first-order valence-corrected chi connectivity index (χ1v) is 9.68. The molecule has 2 aliphatic rings. The van der Waals surface area contributed by atoms with E-state index in [9.17, 15) is 0 Å². The van der Waals surface area contributed by atoms with Crippen molar-refractivity contribution in [2.24, 2.45) is 4.99 Å². The summed E-state index contributed by atoms with van der Waals surface area (Å²) in [6, 6.07) is 7.93. The molecule has 4 atom stereocenters. The molecule has 2 heterocycles. The third-order valence-electron chi connectivity index (χ3n) is 4.81. The van der Waals surface area contributed by atoms with Gasteiger partial charge in [-0.1, -0.05) is 30.7 Å². The van der Waals surface area contributed by atoms with Crippen LogP contribution in [0.15, 0.2) is 29.3 Å². The Morgan fingerprint density at radius 1 is 1.36 bits per heavy atom. The molecule has 2 N–H and O–H groups in total. The number of nitrogens with zero attached hydrogens (tertiary/aromatic N) is 1. The predicted molar refractivity (Wildman–Crippen MR) is 102 cm³/mol. The molecule has 0 spiro atoms. The number of benzene rings is 1. The summed E-state index contributed by atoms with van der Waals surface area (Å²) in [6.07, 6.45) is 5.03. The van der Waals surface area contributed by atoms with Gasteiger partial charge in [0.1, 0.15) is 11.9 Å². The number of nitrogens with one attached hydrogen (secondary N) is 2. The van der Waals surface area contributed by atoms with E-state index in [1.54, 1.807) is 0 Å². The summed E-state index contributed by atoms with van der Waals surface area (Å²) in [5.74, 6) is 1.55. The van der Waals surface area contributed by atoms with Crippen molar-refractivity contribution in [2.45, 2.75) is 63.9 Å². The zero-order valence-corrected chi connectivity index (χ0v) is 15.8. The lowest BCUT2D eigenvalue weighted by Gasteiger charge is -2.23. The zero-order valence-electron chi connectivity index (χ0n) is 15.0. The molecule has 1 aromatic rings. The molecule has 138 valence electrons. The SMILES string of the molecule is CCNC(=NCC(CC)Oc1ccccc1Cl)NC1CC2CCC1O2. The highest BCUT2D eigenvalue weighted by Crippen LogP contribution is 2.34. The molecule has 2 bridgehead atoms. The topological polar surface area (TPSA) is 54.9 Å². The van der Waals surface area contributed by atoms with Crippen LogP contribution >= 0.6 is 11.6 Å².